The monoisotopic (exact) mass is 196 g/mol. The zero-order chi connectivity index (χ0) is 10.8. The second-order valence-corrected chi connectivity index (χ2v) is 5.05. The van der Waals surface area contributed by atoms with Gasteiger partial charge >= 0.3 is 5.97 Å². The van der Waals surface area contributed by atoms with Crippen molar-refractivity contribution in [2.75, 3.05) is 0 Å². The Balaban J connectivity index is 2.36. The maximum absolute atomic E-state index is 11.3. The van der Waals surface area contributed by atoms with E-state index in [0.717, 1.165) is 25.7 Å². The molecule has 80 valence electrons. The molecule has 0 spiro atoms. The molecule has 0 aromatic carbocycles. The molecule has 0 bridgehead atoms. The predicted octanol–water partition coefficient (Wildman–Crippen LogP) is 3.07. The van der Waals surface area contributed by atoms with Crippen molar-refractivity contribution in [3.8, 4) is 0 Å². The van der Waals surface area contributed by atoms with Gasteiger partial charge in [0.05, 0.1) is 0 Å². The van der Waals surface area contributed by atoms with Gasteiger partial charge in [-0.25, -0.2) is 4.79 Å². The molecule has 0 aromatic heterocycles. The SMILES string of the molecule is C=C(C)C(=O)OC1CCC(C)(C)CC1. The third kappa shape index (κ3) is 3.17. The lowest BCUT2D eigenvalue weighted by Crippen LogP contribution is -2.28. The number of ether oxygens (including phenoxy) is 1. The average Bonchev–Trinajstić information content (AvgIpc) is 2.08. The Labute approximate surface area is 86.3 Å². The largest absolute Gasteiger partial charge is 0.459 e. The predicted molar refractivity (Wildman–Crippen MR) is 56.9 cm³/mol. The van der Waals surface area contributed by atoms with Crippen LogP contribution in [0.25, 0.3) is 0 Å². The van der Waals surface area contributed by atoms with Gasteiger partial charge in [-0.05, 0) is 38.0 Å². The highest BCUT2D eigenvalue weighted by molar-refractivity contribution is 5.87. The summed E-state index contributed by atoms with van der Waals surface area (Å²) in [7, 11) is 0. The fourth-order valence-corrected chi connectivity index (χ4v) is 1.74. The van der Waals surface area contributed by atoms with Crippen LogP contribution in [0.5, 0.6) is 0 Å². The summed E-state index contributed by atoms with van der Waals surface area (Å²) < 4.78 is 5.31. The summed E-state index contributed by atoms with van der Waals surface area (Å²) >= 11 is 0. The first-order valence-corrected chi connectivity index (χ1v) is 5.27. The molecule has 0 N–H and O–H groups in total. The molecular formula is C12H20O2. The van der Waals surface area contributed by atoms with Crippen molar-refractivity contribution in [1.82, 2.24) is 0 Å². The van der Waals surface area contributed by atoms with E-state index in [0.29, 0.717) is 11.0 Å². The average molecular weight is 196 g/mol. The van der Waals surface area contributed by atoms with E-state index in [2.05, 4.69) is 20.4 Å². The molecule has 14 heavy (non-hydrogen) atoms. The molecule has 1 fully saturated rings. The highest BCUT2D eigenvalue weighted by Crippen LogP contribution is 2.36. The lowest BCUT2D eigenvalue weighted by atomic mass is 9.76. The van der Waals surface area contributed by atoms with E-state index in [1.54, 1.807) is 6.92 Å². The maximum Gasteiger partial charge on any atom is 0.333 e. The van der Waals surface area contributed by atoms with Crippen LogP contribution in [0.15, 0.2) is 12.2 Å². The molecule has 0 radical (unpaired) electrons. The minimum atomic E-state index is -0.241. The first-order valence-electron chi connectivity index (χ1n) is 5.27. The van der Waals surface area contributed by atoms with Crippen molar-refractivity contribution in [2.45, 2.75) is 52.6 Å². The Kier molecular flexibility index (Phi) is 3.35. The van der Waals surface area contributed by atoms with Gasteiger partial charge in [0.25, 0.3) is 0 Å². The Morgan fingerprint density at radius 1 is 1.36 bits per heavy atom. The summed E-state index contributed by atoms with van der Waals surface area (Å²) in [5.41, 5.74) is 0.918. The van der Waals surface area contributed by atoms with Crippen LogP contribution in [0.1, 0.15) is 46.5 Å². The highest BCUT2D eigenvalue weighted by atomic mass is 16.5. The van der Waals surface area contributed by atoms with Crippen LogP contribution in [0.4, 0.5) is 0 Å². The van der Waals surface area contributed by atoms with Crippen LogP contribution < -0.4 is 0 Å². The summed E-state index contributed by atoms with van der Waals surface area (Å²) in [4.78, 5) is 11.3. The van der Waals surface area contributed by atoms with E-state index >= 15 is 0 Å². The minimum Gasteiger partial charge on any atom is -0.459 e. The molecule has 1 saturated carbocycles. The van der Waals surface area contributed by atoms with Crippen molar-refractivity contribution in [3.05, 3.63) is 12.2 Å². The molecule has 0 heterocycles. The summed E-state index contributed by atoms with van der Waals surface area (Å²) in [6, 6.07) is 0. The second-order valence-electron chi connectivity index (χ2n) is 5.05. The normalized spacial score (nSPS) is 21.6. The fourth-order valence-electron chi connectivity index (χ4n) is 1.74. The number of rotatable bonds is 2. The van der Waals surface area contributed by atoms with Crippen molar-refractivity contribution in [3.63, 3.8) is 0 Å². The molecular weight excluding hydrogens is 176 g/mol. The summed E-state index contributed by atoms with van der Waals surface area (Å²) in [5.74, 6) is -0.241. The summed E-state index contributed by atoms with van der Waals surface area (Å²) in [6.45, 7) is 9.80. The van der Waals surface area contributed by atoms with Crippen molar-refractivity contribution < 1.29 is 9.53 Å². The number of carbonyl (C=O) groups excluding carboxylic acids is 1. The fraction of sp³-hybridized carbons (Fsp3) is 0.750. The zero-order valence-electron chi connectivity index (χ0n) is 9.43. The van der Waals surface area contributed by atoms with Crippen LogP contribution in [0.2, 0.25) is 0 Å². The zero-order valence-corrected chi connectivity index (χ0v) is 9.43. The van der Waals surface area contributed by atoms with Gasteiger partial charge in [-0.3, -0.25) is 0 Å². The smallest absolute Gasteiger partial charge is 0.333 e. The van der Waals surface area contributed by atoms with Crippen LogP contribution in [0.3, 0.4) is 0 Å². The molecule has 2 nitrogen and oxygen atoms in total. The van der Waals surface area contributed by atoms with Crippen LogP contribution in [-0.4, -0.2) is 12.1 Å². The van der Waals surface area contributed by atoms with Gasteiger partial charge in [-0.2, -0.15) is 0 Å². The van der Waals surface area contributed by atoms with Gasteiger partial charge in [0.15, 0.2) is 0 Å². The first kappa shape index (κ1) is 11.3. The van der Waals surface area contributed by atoms with Crippen molar-refractivity contribution in [2.24, 2.45) is 5.41 Å². The second kappa shape index (κ2) is 4.16. The number of hydrogen-bond acceptors (Lipinski definition) is 2. The van der Waals surface area contributed by atoms with Gasteiger partial charge in [0.1, 0.15) is 6.10 Å². The van der Waals surface area contributed by atoms with Crippen molar-refractivity contribution in [1.29, 1.82) is 0 Å². The Morgan fingerprint density at radius 3 is 2.29 bits per heavy atom. The Bertz CT molecular complexity index is 231. The molecule has 0 aromatic rings. The number of carbonyl (C=O) groups is 1. The lowest BCUT2D eigenvalue weighted by molar-refractivity contribution is -0.146. The van der Waals surface area contributed by atoms with E-state index < -0.39 is 0 Å². The minimum absolute atomic E-state index is 0.118. The number of esters is 1. The third-order valence-corrected chi connectivity index (χ3v) is 2.91. The molecule has 0 amide bonds. The van der Waals surface area contributed by atoms with E-state index in [1.165, 1.54) is 0 Å². The van der Waals surface area contributed by atoms with E-state index in [1.807, 2.05) is 0 Å². The molecule has 1 aliphatic rings. The Morgan fingerprint density at radius 2 is 1.86 bits per heavy atom. The molecule has 1 aliphatic carbocycles. The van der Waals surface area contributed by atoms with E-state index in [4.69, 9.17) is 4.74 Å². The van der Waals surface area contributed by atoms with Gasteiger partial charge in [0.2, 0.25) is 0 Å². The van der Waals surface area contributed by atoms with Crippen molar-refractivity contribution >= 4 is 5.97 Å². The van der Waals surface area contributed by atoms with Gasteiger partial charge < -0.3 is 4.74 Å². The standard InChI is InChI=1S/C12H20O2/c1-9(2)11(13)14-10-5-7-12(3,4)8-6-10/h10H,1,5-8H2,2-4H3. The van der Waals surface area contributed by atoms with E-state index in [9.17, 15) is 4.79 Å². The van der Waals surface area contributed by atoms with E-state index in [-0.39, 0.29) is 12.1 Å². The summed E-state index contributed by atoms with van der Waals surface area (Å²) in [6.07, 6.45) is 4.38. The molecule has 0 aliphatic heterocycles. The van der Waals surface area contributed by atoms with Crippen LogP contribution >= 0.6 is 0 Å². The summed E-state index contributed by atoms with van der Waals surface area (Å²) in [5, 5.41) is 0. The molecule has 0 unspecified atom stereocenters. The highest BCUT2D eigenvalue weighted by Gasteiger charge is 2.28. The van der Waals surface area contributed by atoms with Crippen LogP contribution in [-0.2, 0) is 9.53 Å². The molecule has 2 heteroatoms. The van der Waals surface area contributed by atoms with Gasteiger partial charge in [-0.15, -0.1) is 0 Å². The number of hydrogen-bond donors (Lipinski definition) is 0. The van der Waals surface area contributed by atoms with Gasteiger partial charge in [0, 0.05) is 5.57 Å². The molecule has 1 rings (SSSR count). The topological polar surface area (TPSA) is 26.3 Å². The first-order chi connectivity index (χ1) is 6.41. The quantitative estimate of drug-likeness (QED) is 0.501. The third-order valence-electron chi connectivity index (χ3n) is 2.91. The maximum atomic E-state index is 11.3. The molecule has 0 saturated heterocycles. The lowest BCUT2D eigenvalue weighted by Gasteiger charge is -2.33. The van der Waals surface area contributed by atoms with Crippen LogP contribution in [0, 0.1) is 5.41 Å². The molecule has 0 atom stereocenters. The van der Waals surface area contributed by atoms with Gasteiger partial charge in [-0.1, -0.05) is 20.4 Å². The Hall–Kier alpha value is -0.790.